The van der Waals surface area contributed by atoms with Gasteiger partial charge in [0.25, 0.3) is 0 Å². The Balaban J connectivity index is 0.000000396. The minimum atomic E-state index is -0.150. The highest BCUT2D eigenvalue weighted by atomic mass is 16.5. The number of carbonyl (C=O) groups is 2. The summed E-state index contributed by atoms with van der Waals surface area (Å²) in [7, 11) is 0. The number of hydrogen-bond acceptors (Lipinski definition) is 4. The van der Waals surface area contributed by atoms with Crippen molar-refractivity contribution in [2.75, 3.05) is 32.8 Å². The molecule has 0 bridgehead atoms. The van der Waals surface area contributed by atoms with E-state index in [-0.39, 0.29) is 11.3 Å². The van der Waals surface area contributed by atoms with Crippen molar-refractivity contribution in [1.29, 1.82) is 0 Å². The van der Waals surface area contributed by atoms with Gasteiger partial charge in [-0.1, -0.05) is 42.5 Å². The van der Waals surface area contributed by atoms with Crippen LogP contribution in [0.4, 0.5) is 0 Å². The van der Waals surface area contributed by atoms with Crippen LogP contribution < -0.4 is 10.5 Å². The van der Waals surface area contributed by atoms with Gasteiger partial charge in [-0.15, -0.1) is 0 Å². The zero-order valence-electron chi connectivity index (χ0n) is 22.4. The topological polar surface area (TPSA) is 75.9 Å². The van der Waals surface area contributed by atoms with E-state index in [0.29, 0.717) is 31.4 Å². The Labute approximate surface area is 222 Å². The Kier molecular flexibility index (Phi) is 9.62. The molecule has 2 aromatic carbocycles. The van der Waals surface area contributed by atoms with E-state index < -0.39 is 0 Å². The van der Waals surface area contributed by atoms with Crippen LogP contribution in [0, 0.1) is 11.3 Å². The van der Waals surface area contributed by atoms with Crippen LogP contribution in [0.5, 0.6) is 5.75 Å². The van der Waals surface area contributed by atoms with Crippen LogP contribution in [0.3, 0.4) is 0 Å². The largest absolute Gasteiger partial charge is 0.494 e. The van der Waals surface area contributed by atoms with E-state index in [1.54, 1.807) is 0 Å². The lowest BCUT2D eigenvalue weighted by Gasteiger charge is -2.38. The number of amides is 2. The number of rotatable bonds is 10. The monoisotopic (exact) mass is 505 g/mol. The molecule has 5 rings (SSSR count). The summed E-state index contributed by atoms with van der Waals surface area (Å²) in [6.45, 7) is 7.71. The summed E-state index contributed by atoms with van der Waals surface area (Å²) in [5.74, 6) is 1.71. The van der Waals surface area contributed by atoms with Gasteiger partial charge in [0.05, 0.1) is 6.61 Å². The van der Waals surface area contributed by atoms with Gasteiger partial charge in [0.2, 0.25) is 11.8 Å². The Morgan fingerprint density at radius 3 is 2.32 bits per heavy atom. The van der Waals surface area contributed by atoms with Crippen LogP contribution in [0.15, 0.2) is 54.6 Å². The highest BCUT2D eigenvalue weighted by Crippen LogP contribution is 2.41. The third-order valence-corrected chi connectivity index (χ3v) is 7.90. The fourth-order valence-electron chi connectivity index (χ4n) is 5.55. The molecule has 2 aliphatic heterocycles. The van der Waals surface area contributed by atoms with E-state index >= 15 is 0 Å². The van der Waals surface area contributed by atoms with E-state index in [4.69, 9.17) is 10.5 Å². The number of benzene rings is 2. The van der Waals surface area contributed by atoms with Gasteiger partial charge in [-0.2, -0.15) is 0 Å². The molecule has 3 fully saturated rings. The second-order valence-electron chi connectivity index (χ2n) is 11.0. The number of nitrogens with two attached hydrogens (primary N) is 1. The molecule has 37 heavy (non-hydrogen) atoms. The van der Waals surface area contributed by atoms with Crippen LogP contribution in [-0.2, 0) is 22.6 Å². The molecule has 2 N–H and O–H groups in total. The highest BCUT2D eigenvalue weighted by Gasteiger charge is 2.44. The van der Waals surface area contributed by atoms with Crippen LogP contribution in [-0.4, -0.2) is 54.4 Å². The van der Waals surface area contributed by atoms with Crippen LogP contribution in [0.2, 0.25) is 0 Å². The number of carbonyl (C=O) groups excluding carboxylic acids is 2. The second kappa shape index (κ2) is 13.1. The first-order chi connectivity index (χ1) is 17.9. The number of likely N-dealkylation sites (tertiary alicyclic amines) is 2. The van der Waals surface area contributed by atoms with Gasteiger partial charge in [-0.3, -0.25) is 9.59 Å². The molecule has 0 atom stereocenters. The maximum absolute atomic E-state index is 12.7. The molecule has 6 heteroatoms. The Morgan fingerprint density at radius 1 is 1.03 bits per heavy atom. The first kappa shape index (κ1) is 27.2. The number of piperidine rings is 1. The van der Waals surface area contributed by atoms with Crippen molar-refractivity contribution in [2.24, 2.45) is 17.1 Å². The fourth-order valence-corrected chi connectivity index (χ4v) is 5.55. The van der Waals surface area contributed by atoms with Gasteiger partial charge in [-0.05, 0) is 99.7 Å². The minimum Gasteiger partial charge on any atom is -0.494 e. The fraction of sp³-hybridized carbons (Fsp3) is 0.548. The molecule has 2 saturated heterocycles. The number of ether oxygens (including phenoxy) is 1. The molecule has 1 saturated carbocycles. The average Bonchev–Trinajstić information content (AvgIpc) is 3.65. The number of nitrogens with zero attached hydrogens (tertiary/aromatic N) is 2. The molecule has 1 spiro atoms. The van der Waals surface area contributed by atoms with Crippen molar-refractivity contribution >= 4 is 11.8 Å². The Hall–Kier alpha value is -2.86. The first-order valence-electron chi connectivity index (χ1n) is 14.0. The van der Waals surface area contributed by atoms with Gasteiger partial charge in [0.15, 0.2) is 0 Å². The lowest BCUT2D eigenvalue weighted by molar-refractivity contribution is -0.128. The summed E-state index contributed by atoms with van der Waals surface area (Å²) in [6.07, 6.45) is 8.40. The summed E-state index contributed by atoms with van der Waals surface area (Å²) in [4.78, 5) is 27.5. The standard InChI is InChI=1S/C26H34N2O2.C5H9NO/c1-2-30-24-12-10-23(11-13-24)20-28-21-26(19-25(28)29)14-17-27(18-15-26)16-6-9-22-7-4-3-5-8-22;6-5(7)3-4-1-2-4/h3-5,7-8,10-13H,2,6,9,14-21H2,1H3;4H,1-3H2,(H2,6,7). The maximum atomic E-state index is 12.7. The van der Waals surface area contributed by atoms with Crippen molar-refractivity contribution in [3.8, 4) is 5.75 Å². The molecule has 1 aliphatic carbocycles. The lowest BCUT2D eigenvalue weighted by Crippen LogP contribution is -2.41. The molecule has 0 radical (unpaired) electrons. The second-order valence-corrected chi connectivity index (χ2v) is 11.0. The lowest BCUT2D eigenvalue weighted by atomic mass is 9.77. The Bertz CT molecular complexity index is 996. The van der Waals surface area contributed by atoms with Gasteiger partial charge < -0.3 is 20.3 Å². The van der Waals surface area contributed by atoms with Crippen LogP contribution in [0.25, 0.3) is 0 Å². The molecule has 2 aromatic rings. The smallest absolute Gasteiger partial charge is 0.223 e. The first-order valence-corrected chi connectivity index (χ1v) is 14.0. The van der Waals surface area contributed by atoms with E-state index in [9.17, 15) is 9.59 Å². The maximum Gasteiger partial charge on any atom is 0.223 e. The molecule has 6 nitrogen and oxygen atoms in total. The minimum absolute atomic E-state index is 0.150. The predicted molar refractivity (Wildman–Crippen MR) is 147 cm³/mol. The summed E-state index contributed by atoms with van der Waals surface area (Å²) in [6, 6.07) is 18.9. The molecule has 2 amide bonds. The summed E-state index contributed by atoms with van der Waals surface area (Å²) >= 11 is 0. The summed E-state index contributed by atoms with van der Waals surface area (Å²) in [5.41, 5.74) is 7.70. The average molecular weight is 506 g/mol. The number of aryl methyl sites for hydroxylation is 1. The van der Waals surface area contributed by atoms with Crippen LogP contribution >= 0.6 is 0 Å². The summed E-state index contributed by atoms with van der Waals surface area (Å²) in [5, 5.41) is 0. The molecule has 0 aromatic heterocycles. The molecule has 200 valence electrons. The molecular formula is C31H43N3O3. The van der Waals surface area contributed by atoms with Crippen molar-refractivity contribution in [1.82, 2.24) is 9.80 Å². The van der Waals surface area contributed by atoms with E-state index in [1.165, 1.54) is 30.4 Å². The van der Waals surface area contributed by atoms with E-state index in [2.05, 4.69) is 52.3 Å². The quantitative estimate of drug-likeness (QED) is 0.503. The number of primary amides is 1. The van der Waals surface area contributed by atoms with Crippen molar-refractivity contribution < 1.29 is 14.3 Å². The van der Waals surface area contributed by atoms with Crippen molar-refractivity contribution in [3.05, 3.63) is 65.7 Å². The van der Waals surface area contributed by atoms with E-state index in [0.717, 1.165) is 57.6 Å². The highest BCUT2D eigenvalue weighted by molar-refractivity contribution is 5.79. The van der Waals surface area contributed by atoms with Gasteiger partial charge >= 0.3 is 0 Å². The number of hydrogen-bond donors (Lipinski definition) is 1. The van der Waals surface area contributed by atoms with Crippen molar-refractivity contribution in [3.63, 3.8) is 0 Å². The van der Waals surface area contributed by atoms with Gasteiger partial charge in [0.1, 0.15) is 5.75 Å². The normalized spacial score (nSPS) is 18.9. The summed E-state index contributed by atoms with van der Waals surface area (Å²) < 4.78 is 5.52. The van der Waals surface area contributed by atoms with Gasteiger partial charge in [0, 0.05) is 25.9 Å². The Morgan fingerprint density at radius 2 is 1.73 bits per heavy atom. The predicted octanol–water partition coefficient (Wildman–Crippen LogP) is 4.80. The van der Waals surface area contributed by atoms with Crippen molar-refractivity contribution in [2.45, 2.75) is 64.8 Å². The molecule has 2 heterocycles. The molecular weight excluding hydrogens is 462 g/mol. The third kappa shape index (κ3) is 8.60. The zero-order chi connectivity index (χ0) is 26.1. The van der Waals surface area contributed by atoms with Crippen LogP contribution in [0.1, 0.15) is 63.0 Å². The third-order valence-electron chi connectivity index (χ3n) is 7.90. The molecule has 3 aliphatic rings. The van der Waals surface area contributed by atoms with E-state index in [1.807, 2.05) is 19.1 Å². The van der Waals surface area contributed by atoms with Gasteiger partial charge in [-0.25, -0.2) is 0 Å². The SMILES string of the molecule is CCOc1ccc(CN2CC3(CCN(CCCc4ccccc4)CC3)CC2=O)cc1.NC(=O)CC1CC1. The molecule has 0 unspecified atom stereocenters. The zero-order valence-corrected chi connectivity index (χ0v) is 22.4.